The van der Waals surface area contributed by atoms with Crippen LogP contribution in [0.15, 0.2) is 42.9 Å². The minimum absolute atomic E-state index is 0.356. The average molecular weight is 318 g/mol. The van der Waals surface area contributed by atoms with Crippen molar-refractivity contribution in [3.05, 3.63) is 54.0 Å². The topological polar surface area (TPSA) is 42.7 Å². The van der Waals surface area contributed by atoms with Gasteiger partial charge in [-0.05, 0) is 42.9 Å². The highest BCUT2D eigenvalue weighted by molar-refractivity contribution is 5.87. The maximum Gasteiger partial charge on any atom is 0.145 e. The quantitative estimate of drug-likeness (QED) is 0.764. The van der Waals surface area contributed by atoms with Gasteiger partial charge in [0.1, 0.15) is 17.8 Å². The molecule has 4 heteroatoms. The standard InChI is InChI=1S/C20H22N4/c1-4-8-16-14(5-1)9-10-18(16)23-19-17-11-12-24(15-6-2-3-7-15)20(17)22-13-21-19/h1,4-5,8,11-13,15,18H,2-3,6-7,9-10H2,(H,21,22,23). The van der Waals surface area contributed by atoms with Crippen LogP contribution >= 0.6 is 0 Å². The molecule has 0 bridgehead atoms. The Hall–Kier alpha value is -2.36. The molecule has 2 heterocycles. The van der Waals surface area contributed by atoms with Gasteiger partial charge in [0.25, 0.3) is 0 Å². The van der Waals surface area contributed by atoms with E-state index in [1.165, 1.54) is 36.8 Å². The highest BCUT2D eigenvalue weighted by Crippen LogP contribution is 2.36. The number of hydrogen-bond donors (Lipinski definition) is 1. The van der Waals surface area contributed by atoms with Crippen LogP contribution < -0.4 is 5.32 Å². The van der Waals surface area contributed by atoms with Crippen molar-refractivity contribution in [3.8, 4) is 0 Å². The zero-order valence-corrected chi connectivity index (χ0v) is 13.8. The Morgan fingerprint density at radius 2 is 1.88 bits per heavy atom. The van der Waals surface area contributed by atoms with Gasteiger partial charge in [0, 0.05) is 12.2 Å². The largest absolute Gasteiger partial charge is 0.363 e. The second-order valence-electron chi connectivity index (χ2n) is 7.06. The van der Waals surface area contributed by atoms with Gasteiger partial charge >= 0.3 is 0 Å². The Balaban J connectivity index is 1.50. The molecule has 0 amide bonds. The minimum Gasteiger partial charge on any atom is -0.363 e. The summed E-state index contributed by atoms with van der Waals surface area (Å²) in [5, 5.41) is 4.83. The molecule has 0 saturated heterocycles. The maximum absolute atomic E-state index is 4.58. The number of fused-ring (bicyclic) bond motifs is 2. The third kappa shape index (κ3) is 2.20. The van der Waals surface area contributed by atoms with Crippen LogP contribution in [0.3, 0.4) is 0 Å². The van der Waals surface area contributed by atoms with Crippen molar-refractivity contribution in [2.24, 2.45) is 0 Å². The van der Waals surface area contributed by atoms with E-state index in [4.69, 9.17) is 0 Å². The van der Waals surface area contributed by atoms with Crippen LogP contribution in [-0.4, -0.2) is 14.5 Å². The number of aromatic nitrogens is 3. The Labute approximate surface area is 141 Å². The van der Waals surface area contributed by atoms with E-state index in [0.29, 0.717) is 12.1 Å². The Morgan fingerprint density at radius 1 is 1.00 bits per heavy atom. The monoisotopic (exact) mass is 318 g/mol. The summed E-state index contributed by atoms with van der Waals surface area (Å²) in [5.74, 6) is 0.971. The van der Waals surface area contributed by atoms with E-state index in [1.807, 2.05) is 0 Å². The number of benzene rings is 1. The van der Waals surface area contributed by atoms with E-state index in [9.17, 15) is 0 Å². The van der Waals surface area contributed by atoms with Crippen molar-refractivity contribution in [3.63, 3.8) is 0 Å². The van der Waals surface area contributed by atoms with Gasteiger partial charge in [0.15, 0.2) is 0 Å². The number of nitrogens with zero attached hydrogens (tertiary/aromatic N) is 3. The summed E-state index contributed by atoms with van der Waals surface area (Å²) >= 11 is 0. The molecule has 4 nitrogen and oxygen atoms in total. The second kappa shape index (κ2) is 5.62. The lowest BCUT2D eigenvalue weighted by Crippen LogP contribution is -2.09. The molecular weight excluding hydrogens is 296 g/mol. The van der Waals surface area contributed by atoms with Gasteiger partial charge in [-0.15, -0.1) is 0 Å². The van der Waals surface area contributed by atoms with E-state index in [1.54, 1.807) is 6.33 Å². The first kappa shape index (κ1) is 14.0. The van der Waals surface area contributed by atoms with Crippen molar-refractivity contribution in [1.82, 2.24) is 14.5 Å². The first-order valence-corrected chi connectivity index (χ1v) is 9.06. The lowest BCUT2D eigenvalue weighted by molar-refractivity contribution is 0.532. The van der Waals surface area contributed by atoms with Gasteiger partial charge in [-0.25, -0.2) is 9.97 Å². The summed E-state index contributed by atoms with van der Waals surface area (Å²) in [6, 6.07) is 11.9. The molecule has 122 valence electrons. The molecule has 2 aromatic heterocycles. The molecule has 1 atom stereocenters. The number of hydrogen-bond acceptors (Lipinski definition) is 3. The number of nitrogens with one attached hydrogen (secondary N) is 1. The van der Waals surface area contributed by atoms with E-state index < -0.39 is 0 Å². The molecule has 2 aliphatic carbocycles. The van der Waals surface area contributed by atoms with Gasteiger partial charge in [-0.3, -0.25) is 0 Å². The van der Waals surface area contributed by atoms with Crippen LogP contribution in [0.5, 0.6) is 0 Å². The SMILES string of the molecule is c1ccc2c(c1)CCC2Nc1ncnc2c1ccn2C1CCCC1. The van der Waals surface area contributed by atoms with Crippen LogP contribution in [0.25, 0.3) is 11.0 Å². The van der Waals surface area contributed by atoms with Crippen molar-refractivity contribution >= 4 is 16.9 Å². The van der Waals surface area contributed by atoms with Crippen molar-refractivity contribution < 1.29 is 0 Å². The van der Waals surface area contributed by atoms with Gasteiger partial charge in [0.05, 0.1) is 11.4 Å². The fraction of sp³-hybridized carbons (Fsp3) is 0.400. The number of anilines is 1. The Bertz CT molecular complexity index is 876. The van der Waals surface area contributed by atoms with Crippen LogP contribution in [-0.2, 0) is 6.42 Å². The second-order valence-corrected chi connectivity index (χ2v) is 7.06. The molecule has 1 saturated carbocycles. The van der Waals surface area contributed by atoms with E-state index in [-0.39, 0.29) is 0 Å². The summed E-state index contributed by atoms with van der Waals surface area (Å²) in [6.45, 7) is 0. The van der Waals surface area contributed by atoms with E-state index >= 15 is 0 Å². The van der Waals surface area contributed by atoms with E-state index in [0.717, 1.165) is 29.7 Å². The first-order valence-electron chi connectivity index (χ1n) is 9.06. The zero-order chi connectivity index (χ0) is 15.9. The summed E-state index contributed by atoms with van der Waals surface area (Å²) in [4.78, 5) is 9.12. The highest BCUT2D eigenvalue weighted by atomic mass is 15.1. The van der Waals surface area contributed by atoms with Crippen molar-refractivity contribution in [2.75, 3.05) is 5.32 Å². The van der Waals surface area contributed by atoms with Crippen LogP contribution in [0.1, 0.15) is 55.3 Å². The molecular formula is C20H22N4. The number of rotatable bonds is 3. The highest BCUT2D eigenvalue weighted by Gasteiger charge is 2.24. The summed E-state index contributed by atoms with van der Waals surface area (Å²) in [5.41, 5.74) is 3.95. The Kier molecular flexibility index (Phi) is 3.28. The number of aryl methyl sites for hydroxylation is 1. The molecule has 0 spiro atoms. The fourth-order valence-electron chi connectivity index (χ4n) is 4.44. The van der Waals surface area contributed by atoms with Crippen LogP contribution in [0, 0.1) is 0 Å². The summed E-state index contributed by atoms with van der Waals surface area (Å²) in [6.07, 6.45) is 11.4. The molecule has 0 aliphatic heterocycles. The molecule has 0 radical (unpaired) electrons. The smallest absolute Gasteiger partial charge is 0.145 e. The summed E-state index contributed by atoms with van der Waals surface area (Å²) in [7, 11) is 0. The third-order valence-electron chi connectivity index (χ3n) is 5.67. The molecule has 24 heavy (non-hydrogen) atoms. The average Bonchev–Trinajstić information content (AvgIpc) is 3.34. The maximum atomic E-state index is 4.58. The fourth-order valence-corrected chi connectivity index (χ4v) is 4.44. The first-order chi connectivity index (χ1) is 11.9. The Morgan fingerprint density at radius 3 is 2.79 bits per heavy atom. The molecule has 5 rings (SSSR count). The lowest BCUT2D eigenvalue weighted by atomic mass is 10.1. The predicted molar refractivity (Wildman–Crippen MR) is 96.2 cm³/mol. The van der Waals surface area contributed by atoms with Gasteiger partial charge in [-0.2, -0.15) is 0 Å². The van der Waals surface area contributed by atoms with E-state index in [2.05, 4.69) is 56.4 Å². The van der Waals surface area contributed by atoms with Crippen molar-refractivity contribution in [2.45, 2.75) is 50.6 Å². The minimum atomic E-state index is 0.356. The van der Waals surface area contributed by atoms with Crippen molar-refractivity contribution in [1.29, 1.82) is 0 Å². The molecule has 2 aliphatic rings. The van der Waals surface area contributed by atoms with Gasteiger partial charge in [-0.1, -0.05) is 37.1 Å². The normalized spacial score (nSPS) is 20.6. The van der Waals surface area contributed by atoms with Gasteiger partial charge < -0.3 is 9.88 Å². The third-order valence-corrected chi connectivity index (χ3v) is 5.67. The summed E-state index contributed by atoms with van der Waals surface area (Å²) < 4.78 is 2.36. The molecule has 3 aromatic rings. The lowest BCUT2D eigenvalue weighted by Gasteiger charge is -2.16. The molecule has 1 fully saturated rings. The molecule has 1 N–H and O–H groups in total. The molecule has 1 unspecified atom stereocenters. The predicted octanol–water partition coefficient (Wildman–Crippen LogP) is 4.65. The van der Waals surface area contributed by atoms with Crippen LogP contribution in [0.4, 0.5) is 5.82 Å². The zero-order valence-electron chi connectivity index (χ0n) is 13.8. The van der Waals surface area contributed by atoms with Crippen LogP contribution in [0.2, 0.25) is 0 Å². The van der Waals surface area contributed by atoms with Gasteiger partial charge in [0.2, 0.25) is 0 Å². The molecule has 1 aromatic carbocycles.